The molecule has 33 heavy (non-hydrogen) atoms. The van der Waals surface area contributed by atoms with Gasteiger partial charge in [-0.2, -0.15) is 0 Å². The van der Waals surface area contributed by atoms with Gasteiger partial charge in [0.1, 0.15) is 28.5 Å². The first-order valence-corrected chi connectivity index (χ1v) is 12.9. The van der Waals surface area contributed by atoms with Crippen LogP contribution in [0.2, 0.25) is 0 Å². The topological polar surface area (TPSA) is 0 Å². The van der Waals surface area contributed by atoms with E-state index in [1.807, 2.05) is 0 Å². The minimum absolute atomic E-state index is 0. The van der Waals surface area contributed by atoms with Gasteiger partial charge < -0.3 is 12.4 Å². The average molecular weight is 465 g/mol. The summed E-state index contributed by atoms with van der Waals surface area (Å²) >= 11 is 0. The summed E-state index contributed by atoms with van der Waals surface area (Å²) in [4.78, 5) is 0. The summed E-state index contributed by atoms with van der Waals surface area (Å²) in [7, 11) is -2.08. The van der Waals surface area contributed by atoms with Gasteiger partial charge in [-0.1, -0.05) is 103 Å². The van der Waals surface area contributed by atoms with Crippen LogP contribution in [0.25, 0.3) is 0 Å². The van der Waals surface area contributed by atoms with Gasteiger partial charge in [-0.25, -0.2) is 0 Å². The molecule has 5 aromatic carbocycles. The van der Waals surface area contributed by atoms with E-state index in [4.69, 9.17) is 0 Å². The van der Waals surface area contributed by atoms with Gasteiger partial charge in [0, 0.05) is 6.42 Å². The molecule has 0 aliphatic rings. The van der Waals surface area contributed by atoms with Gasteiger partial charge in [0.2, 0.25) is 0 Å². The molecule has 2 heteroatoms. The fourth-order valence-electron chi connectivity index (χ4n) is 4.62. The minimum atomic E-state index is -2.08. The number of rotatable bonds is 6. The highest BCUT2D eigenvalue weighted by molar-refractivity contribution is 8.01. The second-order valence-corrected chi connectivity index (χ2v) is 11.3. The summed E-state index contributed by atoms with van der Waals surface area (Å²) in [5.74, 6) is 0. The number of hydrogen-bond acceptors (Lipinski definition) is 0. The predicted octanol–water partition coefficient (Wildman–Crippen LogP) is 2.90. The highest BCUT2D eigenvalue weighted by Gasteiger charge is 2.48. The molecule has 5 rings (SSSR count). The zero-order valence-electron chi connectivity index (χ0n) is 18.4. The molecule has 0 unspecified atom stereocenters. The molecule has 0 saturated carbocycles. The summed E-state index contributed by atoms with van der Waals surface area (Å²) in [6, 6.07) is 53.1. The maximum Gasteiger partial charge on any atom is 0.144 e. The Balaban J connectivity index is 0.00000259. The van der Waals surface area contributed by atoms with E-state index in [-0.39, 0.29) is 12.4 Å². The highest BCUT2D eigenvalue weighted by Crippen LogP contribution is 2.55. The van der Waals surface area contributed by atoms with Crippen LogP contribution in [-0.4, -0.2) is 0 Å². The lowest BCUT2D eigenvalue weighted by molar-refractivity contribution is -0.00000610. The average Bonchev–Trinajstić information content (AvgIpc) is 2.88. The monoisotopic (exact) mass is 464 g/mol. The van der Waals surface area contributed by atoms with Gasteiger partial charge >= 0.3 is 0 Å². The van der Waals surface area contributed by atoms with Crippen LogP contribution in [0.4, 0.5) is 0 Å². The molecule has 0 aliphatic carbocycles. The van der Waals surface area contributed by atoms with E-state index in [9.17, 15) is 0 Å². The molecule has 162 valence electrons. The first kappa shape index (κ1) is 23.0. The lowest BCUT2D eigenvalue weighted by atomic mass is 10.1. The zero-order valence-corrected chi connectivity index (χ0v) is 20.0. The first-order chi connectivity index (χ1) is 15.9. The Morgan fingerprint density at radius 1 is 0.394 bits per heavy atom. The molecule has 5 aromatic rings. The molecule has 0 N–H and O–H groups in total. The molecule has 0 amide bonds. The number of hydrogen-bond donors (Lipinski definition) is 0. The van der Waals surface area contributed by atoms with Crippen molar-refractivity contribution in [1.82, 2.24) is 0 Å². The third-order valence-electron chi connectivity index (χ3n) is 6.02. The van der Waals surface area contributed by atoms with Crippen molar-refractivity contribution in [2.24, 2.45) is 0 Å². The lowest BCUT2D eigenvalue weighted by Crippen LogP contribution is -3.00. The van der Waals surface area contributed by atoms with Crippen molar-refractivity contribution in [3.05, 3.63) is 157 Å². The molecule has 0 atom stereocenters. The van der Waals surface area contributed by atoms with E-state index < -0.39 is 7.26 Å². The first-order valence-electron chi connectivity index (χ1n) is 11.1. The standard InChI is InChI=1S/C31H26P.ClH/c1-5-15-26(16-6-1)25-27-17-13-14-24-31(27)32(28-18-7-2-8-19-28,29-20-9-3-10-21-29)30-22-11-4-12-23-30;/h1-24H,25H2;1H/q+1;/p-1. The van der Waals surface area contributed by atoms with Gasteiger partial charge in [0.25, 0.3) is 0 Å². The second-order valence-electron chi connectivity index (χ2n) is 7.97. The smallest absolute Gasteiger partial charge is 0.144 e. The molecule has 0 fully saturated rings. The molecular weight excluding hydrogens is 439 g/mol. The quantitative estimate of drug-likeness (QED) is 0.339. The van der Waals surface area contributed by atoms with Crippen molar-refractivity contribution >= 4 is 28.5 Å². The van der Waals surface area contributed by atoms with Crippen LogP contribution in [0, 0.1) is 0 Å². The Bertz CT molecular complexity index is 1170. The predicted molar refractivity (Wildman–Crippen MR) is 140 cm³/mol. The fourth-order valence-corrected chi connectivity index (χ4v) is 9.10. The Morgan fingerprint density at radius 3 is 1.21 bits per heavy atom. The van der Waals surface area contributed by atoms with E-state index in [0.717, 1.165) is 6.42 Å². The third-order valence-corrected chi connectivity index (χ3v) is 10.4. The van der Waals surface area contributed by atoms with E-state index in [1.54, 1.807) is 0 Å². The zero-order chi connectivity index (χ0) is 21.6. The van der Waals surface area contributed by atoms with Crippen LogP contribution in [0.1, 0.15) is 11.1 Å². The van der Waals surface area contributed by atoms with Crippen molar-refractivity contribution in [1.29, 1.82) is 0 Å². The molecule has 0 radical (unpaired) electrons. The Hall–Kier alpha value is -3.18. The fraction of sp³-hybridized carbons (Fsp3) is 0.0323. The van der Waals surface area contributed by atoms with Crippen molar-refractivity contribution in [3.8, 4) is 0 Å². The van der Waals surface area contributed by atoms with Crippen LogP contribution >= 0.6 is 7.26 Å². The van der Waals surface area contributed by atoms with E-state index in [0.29, 0.717) is 0 Å². The van der Waals surface area contributed by atoms with Crippen molar-refractivity contribution in [2.45, 2.75) is 6.42 Å². The third kappa shape index (κ3) is 4.51. The summed E-state index contributed by atoms with van der Waals surface area (Å²) in [5, 5.41) is 5.60. The minimum Gasteiger partial charge on any atom is -1.00 e. The van der Waals surface area contributed by atoms with Crippen LogP contribution in [-0.2, 0) is 6.42 Å². The van der Waals surface area contributed by atoms with Gasteiger partial charge in [-0.05, 0) is 53.6 Å². The van der Waals surface area contributed by atoms with Gasteiger partial charge in [0.15, 0.2) is 0 Å². The Kier molecular flexibility index (Phi) is 7.40. The van der Waals surface area contributed by atoms with Gasteiger partial charge in [0.05, 0.1) is 0 Å². The van der Waals surface area contributed by atoms with Crippen LogP contribution in [0.5, 0.6) is 0 Å². The molecule has 0 spiro atoms. The van der Waals surface area contributed by atoms with Crippen LogP contribution in [0.15, 0.2) is 146 Å². The van der Waals surface area contributed by atoms with Crippen molar-refractivity contribution in [2.75, 3.05) is 0 Å². The molecule has 0 aliphatic heterocycles. The largest absolute Gasteiger partial charge is 1.00 e. The highest BCUT2D eigenvalue weighted by atomic mass is 35.5. The maximum absolute atomic E-state index is 2.36. The van der Waals surface area contributed by atoms with Crippen LogP contribution in [0.3, 0.4) is 0 Å². The van der Waals surface area contributed by atoms with Crippen molar-refractivity contribution in [3.63, 3.8) is 0 Å². The van der Waals surface area contributed by atoms with Crippen molar-refractivity contribution < 1.29 is 12.4 Å². The van der Waals surface area contributed by atoms with Gasteiger partial charge in [-0.15, -0.1) is 0 Å². The molecule has 0 aromatic heterocycles. The maximum atomic E-state index is 2.36. The summed E-state index contributed by atoms with van der Waals surface area (Å²) in [5.41, 5.74) is 2.73. The van der Waals surface area contributed by atoms with E-state index in [1.165, 1.54) is 32.3 Å². The summed E-state index contributed by atoms with van der Waals surface area (Å²) in [6.45, 7) is 0. The second kappa shape index (κ2) is 10.6. The van der Waals surface area contributed by atoms with Gasteiger partial charge in [-0.3, -0.25) is 0 Å². The number of halogens is 1. The van der Waals surface area contributed by atoms with E-state index in [2.05, 4.69) is 146 Å². The normalized spacial score (nSPS) is 10.9. The molecular formula is C31H26ClP. The SMILES string of the molecule is [Cl-].c1ccc(Cc2ccccc2[P+](c2ccccc2)(c2ccccc2)c2ccccc2)cc1. The molecule has 0 saturated heterocycles. The molecule has 0 bridgehead atoms. The Morgan fingerprint density at radius 2 is 0.758 bits per heavy atom. The number of benzene rings is 5. The summed E-state index contributed by atoms with van der Waals surface area (Å²) in [6.07, 6.45) is 0.922. The van der Waals surface area contributed by atoms with Crippen LogP contribution < -0.4 is 33.6 Å². The molecule has 0 heterocycles. The Labute approximate surface area is 203 Å². The lowest BCUT2D eigenvalue weighted by Gasteiger charge is -2.29. The summed E-state index contributed by atoms with van der Waals surface area (Å²) < 4.78 is 0. The molecule has 0 nitrogen and oxygen atoms in total. The van der Waals surface area contributed by atoms with E-state index >= 15 is 0 Å².